The molecule has 6 heteroatoms. The number of anilines is 1. The predicted molar refractivity (Wildman–Crippen MR) is 103 cm³/mol. The van der Waals surface area contributed by atoms with Gasteiger partial charge in [-0.1, -0.05) is 18.2 Å². The van der Waals surface area contributed by atoms with E-state index in [4.69, 9.17) is 4.42 Å². The smallest absolute Gasteiger partial charge is 0.295 e. The lowest BCUT2D eigenvalue weighted by Gasteiger charge is -2.27. The third-order valence-corrected chi connectivity index (χ3v) is 4.94. The monoisotopic (exact) mass is 374 g/mol. The minimum atomic E-state index is -0.426. The molecule has 2 heterocycles. The molecule has 0 aliphatic carbocycles. The molecule has 140 valence electrons. The second-order valence-electron chi connectivity index (χ2n) is 6.70. The van der Waals surface area contributed by atoms with Crippen LogP contribution in [0.1, 0.15) is 42.4 Å². The SMILES string of the molecule is Cc1ccc(N(CN2C(=O)c3ccccc3C2=O)C(=O)c2ccco2)cc1C. The molecule has 1 aromatic heterocycles. The molecule has 0 unspecified atom stereocenters. The van der Waals surface area contributed by atoms with E-state index >= 15 is 0 Å². The van der Waals surface area contributed by atoms with Crippen molar-refractivity contribution in [1.82, 2.24) is 4.90 Å². The molecular formula is C22H18N2O4. The fourth-order valence-corrected chi connectivity index (χ4v) is 3.20. The van der Waals surface area contributed by atoms with E-state index in [1.54, 1.807) is 42.5 Å². The zero-order valence-electron chi connectivity index (χ0n) is 15.5. The highest BCUT2D eigenvalue weighted by Crippen LogP contribution is 2.26. The lowest BCUT2D eigenvalue weighted by Crippen LogP contribution is -2.44. The van der Waals surface area contributed by atoms with Crippen molar-refractivity contribution in [2.45, 2.75) is 13.8 Å². The van der Waals surface area contributed by atoms with Gasteiger partial charge in [0, 0.05) is 5.69 Å². The predicted octanol–water partition coefficient (Wildman–Crippen LogP) is 3.80. The molecule has 3 aromatic rings. The summed E-state index contributed by atoms with van der Waals surface area (Å²) in [6.45, 7) is 3.72. The van der Waals surface area contributed by atoms with Crippen molar-refractivity contribution in [3.8, 4) is 0 Å². The summed E-state index contributed by atoms with van der Waals surface area (Å²) in [7, 11) is 0. The Morgan fingerprint density at radius 2 is 1.61 bits per heavy atom. The Morgan fingerprint density at radius 1 is 0.929 bits per heavy atom. The number of benzene rings is 2. The molecule has 0 fully saturated rings. The van der Waals surface area contributed by atoms with Gasteiger partial charge < -0.3 is 4.42 Å². The summed E-state index contributed by atoms with van der Waals surface area (Å²) in [4.78, 5) is 41.0. The number of hydrogen-bond donors (Lipinski definition) is 0. The van der Waals surface area contributed by atoms with Crippen molar-refractivity contribution in [3.05, 3.63) is 88.9 Å². The van der Waals surface area contributed by atoms with Gasteiger partial charge in [-0.25, -0.2) is 0 Å². The van der Waals surface area contributed by atoms with Gasteiger partial charge in [0.15, 0.2) is 5.76 Å². The van der Waals surface area contributed by atoms with E-state index in [-0.39, 0.29) is 12.4 Å². The Kier molecular flexibility index (Phi) is 4.31. The van der Waals surface area contributed by atoms with E-state index < -0.39 is 17.7 Å². The van der Waals surface area contributed by atoms with Crippen LogP contribution in [0.2, 0.25) is 0 Å². The molecule has 6 nitrogen and oxygen atoms in total. The Balaban J connectivity index is 1.72. The number of rotatable bonds is 4. The molecule has 28 heavy (non-hydrogen) atoms. The van der Waals surface area contributed by atoms with Gasteiger partial charge in [0.2, 0.25) is 0 Å². The topological polar surface area (TPSA) is 70.8 Å². The van der Waals surface area contributed by atoms with Crippen LogP contribution < -0.4 is 4.90 Å². The first-order chi connectivity index (χ1) is 13.5. The summed E-state index contributed by atoms with van der Waals surface area (Å²) in [6, 6.07) is 15.4. The van der Waals surface area contributed by atoms with Crippen LogP contribution in [0, 0.1) is 13.8 Å². The van der Waals surface area contributed by atoms with Crippen molar-refractivity contribution in [2.75, 3.05) is 11.6 Å². The third-order valence-electron chi connectivity index (χ3n) is 4.94. The summed E-state index contributed by atoms with van der Waals surface area (Å²) in [5, 5.41) is 0. The first-order valence-corrected chi connectivity index (χ1v) is 8.85. The highest BCUT2D eigenvalue weighted by Gasteiger charge is 2.37. The van der Waals surface area contributed by atoms with E-state index in [0.717, 1.165) is 16.0 Å². The van der Waals surface area contributed by atoms with Crippen LogP contribution in [0.5, 0.6) is 0 Å². The number of fused-ring (bicyclic) bond motifs is 1. The molecule has 1 aliphatic heterocycles. The summed E-state index contributed by atoms with van der Waals surface area (Å²) in [5.41, 5.74) is 3.35. The summed E-state index contributed by atoms with van der Waals surface area (Å²) >= 11 is 0. The first-order valence-electron chi connectivity index (χ1n) is 8.85. The zero-order chi connectivity index (χ0) is 19.8. The van der Waals surface area contributed by atoms with Gasteiger partial charge in [-0.2, -0.15) is 0 Å². The summed E-state index contributed by atoms with van der Waals surface area (Å²) in [6.07, 6.45) is 1.41. The van der Waals surface area contributed by atoms with E-state index in [1.807, 2.05) is 26.0 Å². The third kappa shape index (κ3) is 2.89. The molecule has 1 aliphatic rings. The van der Waals surface area contributed by atoms with E-state index in [0.29, 0.717) is 16.8 Å². The fraction of sp³-hybridized carbons (Fsp3) is 0.136. The number of aryl methyl sites for hydroxylation is 2. The molecule has 0 bridgehead atoms. The van der Waals surface area contributed by atoms with Crippen LogP contribution in [-0.2, 0) is 0 Å². The molecule has 0 N–H and O–H groups in total. The molecule has 4 rings (SSSR count). The van der Waals surface area contributed by atoms with Gasteiger partial charge in [-0.15, -0.1) is 0 Å². The Bertz CT molecular complexity index is 1050. The van der Waals surface area contributed by atoms with E-state index in [2.05, 4.69) is 0 Å². The number of furan rings is 1. The number of carbonyl (C=O) groups excluding carboxylic acids is 3. The van der Waals surface area contributed by atoms with Crippen LogP contribution in [0.15, 0.2) is 65.3 Å². The first kappa shape index (κ1) is 17.7. The number of amides is 3. The maximum atomic E-state index is 13.1. The molecule has 0 radical (unpaired) electrons. The van der Waals surface area contributed by atoms with Crippen LogP contribution in [0.25, 0.3) is 0 Å². The van der Waals surface area contributed by atoms with Crippen molar-refractivity contribution in [2.24, 2.45) is 0 Å². The largest absolute Gasteiger partial charge is 0.459 e. The lowest BCUT2D eigenvalue weighted by atomic mass is 10.1. The molecular weight excluding hydrogens is 356 g/mol. The van der Waals surface area contributed by atoms with Gasteiger partial charge in [0.1, 0.15) is 6.67 Å². The number of imide groups is 1. The van der Waals surface area contributed by atoms with Gasteiger partial charge in [0.05, 0.1) is 17.4 Å². The van der Waals surface area contributed by atoms with Crippen molar-refractivity contribution >= 4 is 23.4 Å². The minimum Gasteiger partial charge on any atom is -0.459 e. The molecule has 0 spiro atoms. The summed E-state index contributed by atoms with van der Waals surface area (Å²) < 4.78 is 5.25. The molecule has 0 saturated carbocycles. The van der Waals surface area contributed by atoms with Gasteiger partial charge in [-0.3, -0.25) is 24.2 Å². The van der Waals surface area contributed by atoms with Crippen LogP contribution in [0.3, 0.4) is 0 Å². The lowest BCUT2D eigenvalue weighted by molar-refractivity contribution is 0.0649. The van der Waals surface area contributed by atoms with Crippen molar-refractivity contribution in [1.29, 1.82) is 0 Å². The second-order valence-corrected chi connectivity index (χ2v) is 6.70. The molecule has 0 saturated heterocycles. The highest BCUT2D eigenvalue weighted by atomic mass is 16.3. The molecule has 3 amide bonds. The highest BCUT2D eigenvalue weighted by molar-refractivity contribution is 6.21. The van der Waals surface area contributed by atoms with Gasteiger partial charge >= 0.3 is 0 Å². The quantitative estimate of drug-likeness (QED) is 0.652. The molecule has 0 atom stereocenters. The maximum Gasteiger partial charge on any atom is 0.295 e. The summed E-state index contributed by atoms with van der Waals surface area (Å²) in [5.74, 6) is -1.12. The Morgan fingerprint density at radius 3 is 2.18 bits per heavy atom. The van der Waals surface area contributed by atoms with E-state index in [1.165, 1.54) is 11.2 Å². The van der Waals surface area contributed by atoms with E-state index in [9.17, 15) is 14.4 Å². The van der Waals surface area contributed by atoms with Crippen LogP contribution in [0.4, 0.5) is 5.69 Å². The number of hydrogen-bond acceptors (Lipinski definition) is 4. The number of nitrogens with zero attached hydrogens (tertiary/aromatic N) is 2. The normalized spacial score (nSPS) is 13.0. The number of carbonyl (C=O) groups is 3. The van der Waals surface area contributed by atoms with Crippen LogP contribution >= 0.6 is 0 Å². The Hall–Kier alpha value is -3.67. The zero-order valence-corrected chi connectivity index (χ0v) is 15.5. The second kappa shape index (κ2) is 6.81. The van der Waals surface area contributed by atoms with Gasteiger partial charge in [0.25, 0.3) is 17.7 Å². The molecule has 2 aromatic carbocycles. The fourth-order valence-electron chi connectivity index (χ4n) is 3.20. The van der Waals surface area contributed by atoms with Crippen molar-refractivity contribution in [3.63, 3.8) is 0 Å². The minimum absolute atomic E-state index is 0.134. The average molecular weight is 374 g/mol. The Labute approximate surface area is 162 Å². The standard InChI is InChI=1S/C22H18N2O4/c1-14-9-10-16(12-15(14)2)23(22(27)19-8-5-11-28-19)13-24-20(25)17-6-3-4-7-18(17)21(24)26/h3-12H,13H2,1-2H3. The average Bonchev–Trinajstić information content (AvgIpc) is 3.31. The van der Waals surface area contributed by atoms with Gasteiger partial charge in [-0.05, 0) is 61.4 Å². The maximum absolute atomic E-state index is 13.1. The van der Waals surface area contributed by atoms with Crippen LogP contribution in [-0.4, -0.2) is 29.3 Å². The van der Waals surface area contributed by atoms with Crippen molar-refractivity contribution < 1.29 is 18.8 Å².